The summed E-state index contributed by atoms with van der Waals surface area (Å²) in [6, 6.07) is 9.54. The van der Waals surface area contributed by atoms with Crippen LogP contribution in [0.3, 0.4) is 0 Å². The molecule has 136 valence electrons. The topological polar surface area (TPSA) is 66.9 Å². The molecule has 3 heterocycles. The first-order valence-corrected chi connectivity index (χ1v) is 8.79. The van der Waals surface area contributed by atoms with Gasteiger partial charge in [-0.1, -0.05) is 0 Å². The van der Waals surface area contributed by atoms with Crippen LogP contribution in [-0.2, 0) is 11.3 Å². The fourth-order valence-electron chi connectivity index (χ4n) is 3.23. The number of hydrogen-bond donors (Lipinski definition) is 1. The van der Waals surface area contributed by atoms with Gasteiger partial charge in [0.2, 0.25) is 12.7 Å². The molecule has 1 aromatic heterocycles. The maximum absolute atomic E-state index is 12.3. The van der Waals surface area contributed by atoms with E-state index in [1.807, 2.05) is 36.7 Å². The third kappa shape index (κ3) is 4.12. The van der Waals surface area contributed by atoms with Crippen molar-refractivity contribution in [2.45, 2.75) is 6.54 Å². The summed E-state index contributed by atoms with van der Waals surface area (Å²) in [4.78, 5) is 20.9. The minimum Gasteiger partial charge on any atom is -0.454 e. The van der Waals surface area contributed by atoms with Gasteiger partial charge in [-0.3, -0.25) is 19.6 Å². The van der Waals surface area contributed by atoms with Crippen LogP contribution in [0.2, 0.25) is 0 Å². The Bertz CT molecular complexity index is 761. The lowest BCUT2D eigenvalue weighted by Crippen LogP contribution is -2.48. The number of piperazine rings is 1. The van der Waals surface area contributed by atoms with Crippen LogP contribution in [0.1, 0.15) is 5.56 Å². The van der Waals surface area contributed by atoms with E-state index in [4.69, 9.17) is 9.47 Å². The normalized spacial score (nSPS) is 17.2. The van der Waals surface area contributed by atoms with Gasteiger partial charge in [-0.05, 0) is 29.8 Å². The molecule has 7 nitrogen and oxygen atoms in total. The predicted octanol–water partition coefficient (Wildman–Crippen LogP) is 1.57. The Morgan fingerprint density at radius 1 is 1.00 bits per heavy atom. The Morgan fingerprint density at radius 3 is 2.54 bits per heavy atom. The quantitative estimate of drug-likeness (QED) is 0.879. The van der Waals surface area contributed by atoms with Crippen LogP contribution >= 0.6 is 0 Å². The lowest BCUT2D eigenvalue weighted by Gasteiger charge is -2.34. The van der Waals surface area contributed by atoms with Crippen LogP contribution in [-0.4, -0.2) is 60.2 Å². The van der Waals surface area contributed by atoms with Crippen LogP contribution < -0.4 is 14.8 Å². The van der Waals surface area contributed by atoms with E-state index in [-0.39, 0.29) is 12.7 Å². The highest BCUT2D eigenvalue weighted by Gasteiger charge is 2.20. The Labute approximate surface area is 152 Å². The Hall–Kier alpha value is -2.64. The molecule has 0 bridgehead atoms. The lowest BCUT2D eigenvalue weighted by molar-refractivity contribution is -0.117. The summed E-state index contributed by atoms with van der Waals surface area (Å²) >= 11 is 0. The first-order valence-electron chi connectivity index (χ1n) is 8.79. The third-order valence-electron chi connectivity index (χ3n) is 4.64. The SMILES string of the molecule is O=C(CN1CCN(Cc2ccncc2)CC1)Nc1ccc2c(c1)OCO2. The number of nitrogens with zero attached hydrogens (tertiary/aromatic N) is 3. The van der Waals surface area contributed by atoms with Crippen LogP contribution in [0.25, 0.3) is 0 Å². The van der Waals surface area contributed by atoms with E-state index in [2.05, 4.69) is 20.1 Å². The van der Waals surface area contributed by atoms with Crippen LogP contribution in [0.15, 0.2) is 42.7 Å². The van der Waals surface area contributed by atoms with Crippen molar-refractivity contribution in [1.82, 2.24) is 14.8 Å². The van der Waals surface area contributed by atoms with Gasteiger partial charge in [-0.2, -0.15) is 0 Å². The van der Waals surface area contributed by atoms with E-state index in [0.717, 1.165) is 38.4 Å². The number of aromatic nitrogens is 1. The van der Waals surface area contributed by atoms with E-state index >= 15 is 0 Å². The number of ether oxygens (including phenoxy) is 2. The second-order valence-corrected chi connectivity index (χ2v) is 6.52. The van der Waals surface area contributed by atoms with Crippen LogP contribution in [0, 0.1) is 0 Å². The monoisotopic (exact) mass is 354 g/mol. The van der Waals surface area contributed by atoms with Crippen molar-refractivity contribution in [2.24, 2.45) is 0 Å². The zero-order valence-corrected chi connectivity index (χ0v) is 14.6. The van der Waals surface area contributed by atoms with Gasteiger partial charge in [-0.15, -0.1) is 0 Å². The van der Waals surface area contributed by atoms with Crippen molar-refractivity contribution >= 4 is 11.6 Å². The molecule has 2 aromatic rings. The number of nitrogens with one attached hydrogen (secondary N) is 1. The molecular weight excluding hydrogens is 332 g/mol. The highest BCUT2D eigenvalue weighted by Crippen LogP contribution is 2.34. The number of carbonyl (C=O) groups is 1. The number of fused-ring (bicyclic) bond motifs is 1. The van der Waals surface area contributed by atoms with E-state index in [0.29, 0.717) is 18.0 Å². The molecule has 0 aliphatic carbocycles. The lowest BCUT2D eigenvalue weighted by atomic mass is 10.2. The maximum atomic E-state index is 12.3. The average Bonchev–Trinajstić information content (AvgIpc) is 3.12. The third-order valence-corrected chi connectivity index (χ3v) is 4.64. The summed E-state index contributed by atoms with van der Waals surface area (Å²) in [6.07, 6.45) is 3.65. The summed E-state index contributed by atoms with van der Waals surface area (Å²) in [7, 11) is 0. The Morgan fingerprint density at radius 2 is 1.73 bits per heavy atom. The molecule has 2 aliphatic heterocycles. The average molecular weight is 354 g/mol. The minimum atomic E-state index is -0.00792. The molecule has 0 radical (unpaired) electrons. The van der Waals surface area contributed by atoms with Gasteiger partial charge in [0.1, 0.15) is 0 Å². The molecule has 7 heteroatoms. The van der Waals surface area contributed by atoms with Crippen molar-refractivity contribution in [3.8, 4) is 11.5 Å². The molecule has 1 saturated heterocycles. The molecular formula is C19H22N4O3. The second-order valence-electron chi connectivity index (χ2n) is 6.52. The minimum absolute atomic E-state index is 0.00792. The molecule has 1 N–H and O–H groups in total. The van der Waals surface area contributed by atoms with E-state index < -0.39 is 0 Å². The molecule has 0 spiro atoms. The van der Waals surface area contributed by atoms with Gasteiger partial charge in [0, 0.05) is 56.9 Å². The highest BCUT2D eigenvalue weighted by atomic mass is 16.7. The van der Waals surface area contributed by atoms with E-state index in [1.165, 1.54) is 5.56 Å². The van der Waals surface area contributed by atoms with Crippen molar-refractivity contribution in [3.63, 3.8) is 0 Å². The van der Waals surface area contributed by atoms with Gasteiger partial charge in [0.25, 0.3) is 0 Å². The molecule has 1 fully saturated rings. The van der Waals surface area contributed by atoms with Gasteiger partial charge < -0.3 is 14.8 Å². The first kappa shape index (κ1) is 16.8. The predicted molar refractivity (Wildman–Crippen MR) is 97.1 cm³/mol. The summed E-state index contributed by atoms with van der Waals surface area (Å²) in [5.74, 6) is 1.38. The molecule has 0 atom stereocenters. The van der Waals surface area contributed by atoms with Crippen molar-refractivity contribution in [1.29, 1.82) is 0 Å². The van der Waals surface area contributed by atoms with Crippen molar-refractivity contribution < 1.29 is 14.3 Å². The highest BCUT2D eigenvalue weighted by molar-refractivity contribution is 5.92. The zero-order valence-electron chi connectivity index (χ0n) is 14.6. The number of benzene rings is 1. The van der Waals surface area contributed by atoms with Gasteiger partial charge in [0.05, 0.1) is 6.54 Å². The zero-order chi connectivity index (χ0) is 17.8. The number of carbonyl (C=O) groups excluding carboxylic acids is 1. The Kier molecular flexibility index (Phi) is 4.99. The number of hydrogen-bond acceptors (Lipinski definition) is 6. The summed E-state index contributed by atoms with van der Waals surface area (Å²) in [6.45, 7) is 5.26. The van der Waals surface area contributed by atoms with Gasteiger partial charge >= 0.3 is 0 Å². The van der Waals surface area contributed by atoms with Crippen molar-refractivity contribution in [3.05, 3.63) is 48.3 Å². The fourth-order valence-corrected chi connectivity index (χ4v) is 3.23. The van der Waals surface area contributed by atoms with E-state index in [1.54, 1.807) is 6.07 Å². The van der Waals surface area contributed by atoms with Gasteiger partial charge in [-0.25, -0.2) is 0 Å². The molecule has 0 unspecified atom stereocenters. The molecule has 0 saturated carbocycles. The molecule has 26 heavy (non-hydrogen) atoms. The fraction of sp³-hybridized carbons (Fsp3) is 0.368. The van der Waals surface area contributed by atoms with Crippen LogP contribution in [0.5, 0.6) is 11.5 Å². The number of amides is 1. The summed E-state index contributed by atoms with van der Waals surface area (Å²) in [5, 5.41) is 2.93. The van der Waals surface area contributed by atoms with E-state index in [9.17, 15) is 4.79 Å². The molecule has 1 amide bonds. The molecule has 4 rings (SSSR count). The maximum Gasteiger partial charge on any atom is 0.238 e. The second kappa shape index (κ2) is 7.72. The summed E-state index contributed by atoms with van der Waals surface area (Å²) in [5.41, 5.74) is 2.00. The molecule has 1 aromatic carbocycles. The van der Waals surface area contributed by atoms with Crippen molar-refractivity contribution in [2.75, 3.05) is 44.8 Å². The first-order chi connectivity index (χ1) is 12.8. The number of pyridine rings is 1. The summed E-state index contributed by atoms with van der Waals surface area (Å²) < 4.78 is 10.6. The Balaban J connectivity index is 1.23. The largest absolute Gasteiger partial charge is 0.454 e. The standard InChI is InChI=1S/C19H22N4O3/c24-19(21-16-1-2-17-18(11-16)26-14-25-17)13-23-9-7-22(8-10-23)12-15-3-5-20-6-4-15/h1-6,11H,7-10,12-14H2,(H,21,24). The smallest absolute Gasteiger partial charge is 0.238 e. The molecule has 2 aliphatic rings. The number of anilines is 1. The van der Waals surface area contributed by atoms with Crippen LogP contribution in [0.4, 0.5) is 5.69 Å². The number of rotatable bonds is 5. The van der Waals surface area contributed by atoms with Gasteiger partial charge in [0.15, 0.2) is 11.5 Å².